The van der Waals surface area contributed by atoms with E-state index in [-0.39, 0.29) is 12.4 Å². The van der Waals surface area contributed by atoms with Crippen LogP contribution in [0.2, 0.25) is 0 Å². The van der Waals surface area contributed by atoms with Gasteiger partial charge in [0.25, 0.3) is 0 Å². The van der Waals surface area contributed by atoms with Crippen LogP contribution in [0.15, 0.2) is 0 Å². The lowest BCUT2D eigenvalue weighted by atomic mass is 10.0. The molecule has 0 aromatic carbocycles. The van der Waals surface area contributed by atoms with Crippen LogP contribution in [0.25, 0.3) is 0 Å². The quantitative estimate of drug-likeness (QED) is 0.680. The van der Waals surface area contributed by atoms with Gasteiger partial charge in [0.15, 0.2) is 0 Å². The Labute approximate surface area is 111 Å². The van der Waals surface area contributed by atoms with Gasteiger partial charge in [-0.1, -0.05) is 13.3 Å². The van der Waals surface area contributed by atoms with E-state index in [1.807, 2.05) is 6.92 Å². The molecule has 1 atom stereocenters. The summed E-state index contributed by atoms with van der Waals surface area (Å²) in [6.07, 6.45) is 4.67. The largest absolute Gasteiger partial charge is 0.396 e. The summed E-state index contributed by atoms with van der Waals surface area (Å²) < 4.78 is 25.7. The molecule has 0 radical (unpaired) electrons. The Morgan fingerprint density at radius 3 is 2.72 bits per heavy atom. The average Bonchev–Trinajstić information content (AvgIpc) is 2.38. The molecule has 108 valence electrons. The molecular formula is C12H26N2O3S. The molecule has 18 heavy (non-hydrogen) atoms. The Balaban J connectivity index is 2.40. The van der Waals surface area contributed by atoms with Crippen molar-refractivity contribution in [1.82, 2.24) is 9.62 Å². The minimum Gasteiger partial charge on any atom is -0.396 e. The van der Waals surface area contributed by atoms with E-state index in [0.29, 0.717) is 32.0 Å². The summed E-state index contributed by atoms with van der Waals surface area (Å²) in [5, 5.41) is 12.1. The molecule has 1 heterocycles. The van der Waals surface area contributed by atoms with E-state index in [0.717, 1.165) is 13.0 Å². The Kier molecular flexibility index (Phi) is 7.14. The van der Waals surface area contributed by atoms with Crippen LogP contribution < -0.4 is 5.32 Å². The van der Waals surface area contributed by atoms with Crippen molar-refractivity contribution < 1.29 is 13.5 Å². The summed E-state index contributed by atoms with van der Waals surface area (Å²) >= 11 is 0. The fourth-order valence-electron chi connectivity index (χ4n) is 2.33. The van der Waals surface area contributed by atoms with Crippen LogP contribution in [0.4, 0.5) is 0 Å². The van der Waals surface area contributed by atoms with E-state index in [4.69, 9.17) is 5.11 Å². The second-order valence-corrected chi connectivity index (χ2v) is 6.91. The van der Waals surface area contributed by atoms with E-state index in [1.165, 1.54) is 17.1 Å². The van der Waals surface area contributed by atoms with E-state index in [1.54, 1.807) is 0 Å². The van der Waals surface area contributed by atoms with Gasteiger partial charge in [0.05, 0.1) is 5.75 Å². The van der Waals surface area contributed by atoms with Gasteiger partial charge in [-0.25, -0.2) is 12.7 Å². The van der Waals surface area contributed by atoms with Gasteiger partial charge < -0.3 is 10.4 Å². The molecule has 1 aliphatic rings. The molecule has 0 bridgehead atoms. The zero-order valence-electron chi connectivity index (χ0n) is 11.3. The van der Waals surface area contributed by atoms with Gasteiger partial charge in [0, 0.05) is 25.7 Å². The van der Waals surface area contributed by atoms with E-state index < -0.39 is 10.0 Å². The minimum absolute atomic E-state index is 0.0379. The topological polar surface area (TPSA) is 69.6 Å². The van der Waals surface area contributed by atoms with Crippen LogP contribution in [-0.4, -0.2) is 55.9 Å². The first-order valence-electron chi connectivity index (χ1n) is 6.92. The Bertz CT molecular complexity index is 313. The predicted molar refractivity (Wildman–Crippen MR) is 73.0 cm³/mol. The van der Waals surface area contributed by atoms with Crippen molar-refractivity contribution in [1.29, 1.82) is 0 Å². The normalized spacial score (nSPS) is 21.4. The highest BCUT2D eigenvalue weighted by molar-refractivity contribution is 7.89. The second-order valence-electron chi connectivity index (χ2n) is 4.82. The predicted octanol–water partition coefficient (Wildman–Crippen LogP) is 0.553. The molecule has 1 fully saturated rings. The van der Waals surface area contributed by atoms with Crippen molar-refractivity contribution in [2.24, 2.45) is 0 Å². The molecule has 1 rings (SSSR count). The fraction of sp³-hybridized carbons (Fsp3) is 1.00. The zero-order chi connectivity index (χ0) is 13.4. The molecule has 0 saturated carbocycles. The highest BCUT2D eigenvalue weighted by Crippen LogP contribution is 2.13. The van der Waals surface area contributed by atoms with Crippen LogP contribution in [0.5, 0.6) is 0 Å². The molecule has 0 spiro atoms. The summed E-state index contributed by atoms with van der Waals surface area (Å²) in [6, 6.07) is 0.352. The number of hydrogen-bond donors (Lipinski definition) is 2. The second kappa shape index (κ2) is 8.09. The molecule has 1 unspecified atom stereocenters. The molecule has 1 saturated heterocycles. The molecule has 5 nitrogen and oxygen atoms in total. The summed E-state index contributed by atoms with van der Waals surface area (Å²) in [5.74, 6) is 0.212. The van der Waals surface area contributed by atoms with Crippen LogP contribution in [0.1, 0.15) is 39.0 Å². The van der Waals surface area contributed by atoms with Gasteiger partial charge in [-0.2, -0.15) is 0 Å². The van der Waals surface area contributed by atoms with E-state index >= 15 is 0 Å². The first kappa shape index (κ1) is 15.9. The van der Waals surface area contributed by atoms with Gasteiger partial charge >= 0.3 is 0 Å². The molecule has 0 aliphatic carbocycles. The Hall–Kier alpha value is -0.170. The van der Waals surface area contributed by atoms with Crippen LogP contribution >= 0.6 is 0 Å². The maximum atomic E-state index is 12.1. The Morgan fingerprint density at radius 2 is 2.17 bits per heavy atom. The molecular weight excluding hydrogens is 252 g/mol. The zero-order valence-corrected chi connectivity index (χ0v) is 12.1. The molecule has 2 N–H and O–H groups in total. The maximum absolute atomic E-state index is 12.1. The first-order valence-corrected chi connectivity index (χ1v) is 8.53. The van der Waals surface area contributed by atoms with Crippen molar-refractivity contribution in [3.63, 3.8) is 0 Å². The smallest absolute Gasteiger partial charge is 0.214 e. The van der Waals surface area contributed by atoms with Crippen molar-refractivity contribution in [2.75, 3.05) is 32.0 Å². The third kappa shape index (κ3) is 5.22. The molecule has 0 amide bonds. The molecule has 0 aromatic heterocycles. The van der Waals surface area contributed by atoms with Crippen LogP contribution in [-0.2, 0) is 10.0 Å². The summed E-state index contributed by atoms with van der Waals surface area (Å²) in [5.41, 5.74) is 0. The summed E-state index contributed by atoms with van der Waals surface area (Å²) in [6.45, 7) is 3.80. The number of rotatable bonds is 8. The summed E-state index contributed by atoms with van der Waals surface area (Å²) in [7, 11) is -3.16. The van der Waals surface area contributed by atoms with Gasteiger partial charge in [-0.3, -0.25) is 0 Å². The molecule has 1 aliphatic heterocycles. The summed E-state index contributed by atoms with van der Waals surface area (Å²) in [4.78, 5) is 0. The fourth-order valence-corrected chi connectivity index (χ4v) is 3.97. The number of nitrogens with one attached hydrogen (secondary N) is 1. The van der Waals surface area contributed by atoms with Crippen LogP contribution in [0, 0.1) is 0 Å². The van der Waals surface area contributed by atoms with Gasteiger partial charge in [-0.05, 0) is 32.2 Å². The standard InChI is InChI=1S/C12H26N2O3S/c1-2-14(9-5-10-15)18(16,17)11-7-12-6-3-4-8-13-12/h12-13,15H,2-11H2,1H3. The van der Waals surface area contributed by atoms with E-state index in [2.05, 4.69) is 5.32 Å². The minimum atomic E-state index is -3.16. The first-order chi connectivity index (χ1) is 8.60. The van der Waals surface area contributed by atoms with Crippen molar-refractivity contribution in [2.45, 2.75) is 45.1 Å². The monoisotopic (exact) mass is 278 g/mol. The highest BCUT2D eigenvalue weighted by atomic mass is 32.2. The average molecular weight is 278 g/mol. The lowest BCUT2D eigenvalue weighted by molar-refractivity contribution is 0.270. The highest BCUT2D eigenvalue weighted by Gasteiger charge is 2.22. The number of nitrogens with zero attached hydrogens (tertiary/aromatic N) is 1. The third-order valence-corrected chi connectivity index (χ3v) is 5.43. The van der Waals surface area contributed by atoms with Crippen molar-refractivity contribution >= 4 is 10.0 Å². The van der Waals surface area contributed by atoms with Gasteiger partial charge in [-0.15, -0.1) is 0 Å². The van der Waals surface area contributed by atoms with E-state index in [9.17, 15) is 8.42 Å². The number of aliphatic hydroxyl groups excluding tert-OH is 1. The number of aliphatic hydroxyl groups is 1. The molecule has 0 aromatic rings. The SMILES string of the molecule is CCN(CCCO)S(=O)(=O)CCC1CCCCN1. The lowest BCUT2D eigenvalue weighted by Gasteiger charge is -2.25. The maximum Gasteiger partial charge on any atom is 0.214 e. The lowest BCUT2D eigenvalue weighted by Crippen LogP contribution is -2.39. The Morgan fingerprint density at radius 1 is 1.39 bits per heavy atom. The third-order valence-electron chi connectivity index (χ3n) is 3.45. The van der Waals surface area contributed by atoms with Crippen LogP contribution in [0.3, 0.4) is 0 Å². The molecule has 6 heteroatoms. The van der Waals surface area contributed by atoms with Gasteiger partial charge in [0.2, 0.25) is 10.0 Å². The van der Waals surface area contributed by atoms with Crippen molar-refractivity contribution in [3.05, 3.63) is 0 Å². The number of hydrogen-bond acceptors (Lipinski definition) is 4. The van der Waals surface area contributed by atoms with Crippen molar-refractivity contribution in [3.8, 4) is 0 Å². The number of piperidine rings is 1. The van der Waals surface area contributed by atoms with Gasteiger partial charge in [0.1, 0.15) is 0 Å². The number of sulfonamides is 1.